The van der Waals surface area contributed by atoms with Crippen molar-refractivity contribution < 1.29 is 4.79 Å². The average Bonchev–Trinajstić information content (AvgIpc) is 2.37. The predicted molar refractivity (Wildman–Crippen MR) is 80.0 cm³/mol. The van der Waals surface area contributed by atoms with Gasteiger partial charge in [0, 0.05) is 5.02 Å². The Morgan fingerprint density at radius 1 is 1.11 bits per heavy atom. The molecule has 0 bridgehead atoms. The van der Waals surface area contributed by atoms with Crippen molar-refractivity contribution in [1.82, 2.24) is 0 Å². The van der Waals surface area contributed by atoms with Crippen molar-refractivity contribution in [2.45, 2.75) is 13.3 Å². The first-order valence-corrected chi connectivity index (χ1v) is 6.60. The van der Waals surface area contributed by atoms with Crippen molar-refractivity contribution >= 4 is 34.8 Å². The van der Waals surface area contributed by atoms with E-state index in [4.69, 9.17) is 23.2 Å². The van der Waals surface area contributed by atoms with Crippen molar-refractivity contribution in [1.29, 1.82) is 0 Å². The Morgan fingerprint density at radius 3 is 2.47 bits per heavy atom. The summed E-state index contributed by atoms with van der Waals surface area (Å²) in [5.41, 5.74) is 2.66. The van der Waals surface area contributed by atoms with Crippen LogP contribution in [0.3, 0.4) is 0 Å². The third-order valence-corrected chi connectivity index (χ3v) is 3.25. The normalized spacial score (nSPS) is 10.3. The number of aryl methyl sites for hydroxylation is 1. The molecule has 19 heavy (non-hydrogen) atoms. The molecule has 0 saturated heterocycles. The van der Waals surface area contributed by atoms with Gasteiger partial charge in [-0.05, 0) is 30.7 Å². The lowest BCUT2D eigenvalue weighted by molar-refractivity contribution is -0.115. The van der Waals surface area contributed by atoms with E-state index in [0.29, 0.717) is 22.2 Å². The predicted octanol–water partition coefficient (Wildman–Crippen LogP) is 4.48. The molecule has 0 aliphatic rings. The van der Waals surface area contributed by atoms with Gasteiger partial charge in [-0.15, -0.1) is 0 Å². The van der Waals surface area contributed by atoms with Gasteiger partial charge in [0.25, 0.3) is 0 Å². The summed E-state index contributed by atoms with van der Waals surface area (Å²) >= 11 is 11.9. The maximum Gasteiger partial charge on any atom is 0.228 e. The van der Waals surface area contributed by atoms with Crippen LogP contribution in [0, 0.1) is 6.92 Å². The summed E-state index contributed by atoms with van der Waals surface area (Å²) in [4.78, 5) is 11.9. The molecule has 0 atom stereocenters. The maximum absolute atomic E-state index is 11.9. The highest BCUT2D eigenvalue weighted by Crippen LogP contribution is 2.25. The first-order chi connectivity index (χ1) is 9.04. The zero-order chi connectivity index (χ0) is 13.8. The summed E-state index contributed by atoms with van der Waals surface area (Å²) in [5.74, 6) is -0.118. The van der Waals surface area contributed by atoms with Gasteiger partial charge in [0.05, 0.1) is 17.1 Å². The van der Waals surface area contributed by atoms with Gasteiger partial charge in [0.15, 0.2) is 0 Å². The van der Waals surface area contributed by atoms with Gasteiger partial charge in [-0.25, -0.2) is 0 Å². The minimum atomic E-state index is -0.118. The van der Waals surface area contributed by atoms with Crippen molar-refractivity contribution in [3.8, 4) is 0 Å². The molecule has 1 amide bonds. The molecular weight excluding hydrogens is 281 g/mol. The maximum atomic E-state index is 11.9. The van der Waals surface area contributed by atoms with Gasteiger partial charge in [0.1, 0.15) is 0 Å². The van der Waals surface area contributed by atoms with Crippen LogP contribution in [0.2, 0.25) is 10.0 Å². The highest BCUT2D eigenvalue weighted by molar-refractivity contribution is 6.35. The lowest BCUT2D eigenvalue weighted by atomic mass is 10.1. The van der Waals surface area contributed by atoms with E-state index in [9.17, 15) is 4.79 Å². The summed E-state index contributed by atoms with van der Waals surface area (Å²) in [6.45, 7) is 2.01. The van der Waals surface area contributed by atoms with Crippen LogP contribution in [0.4, 0.5) is 5.69 Å². The van der Waals surface area contributed by atoms with Crippen LogP contribution in [0.1, 0.15) is 11.1 Å². The van der Waals surface area contributed by atoms with E-state index in [0.717, 1.165) is 5.56 Å². The Labute approximate surface area is 122 Å². The van der Waals surface area contributed by atoms with Crippen molar-refractivity contribution in [2.24, 2.45) is 0 Å². The second-order valence-electron chi connectivity index (χ2n) is 4.33. The molecule has 98 valence electrons. The molecule has 2 aromatic carbocycles. The van der Waals surface area contributed by atoms with Crippen LogP contribution in [-0.2, 0) is 11.2 Å². The van der Waals surface area contributed by atoms with Crippen LogP contribution >= 0.6 is 23.2 Å². The summed E-state index contributed by atoms with van der Waals surface area (Å²) < 4.78 is 0. The molecule has 2 aromatic rings. The first kappa shape index (κ1) is 13.9. The largest absolute Gasteiger partial charge is 0.324 e. The summed E-state index contributed by atoms with van der Waals surface area (Å²) in [6.07, 6.45) is 0.309. The van der Waals surface area contributed by atoms with E-state index in [1.54, 1.807) is 18.2 Å². The number of amides is 1. The monoisotopic (exact) mass is 293 g/mol. The molecule has 0 saturated carbocycles. The Bertz CT molecular complexity index is 594. The molecule has 4 heteroatoms. The zero-order valence-corrected chi connectivity index (χ0v) is 11.9. The smallest absolute Gasteiger partial charge is 0.228 e. The van der Waals surface area contributed by atoms with Gasteiger partial charge >= 0.3 is 0 Å². The average molecular weight is 294 g/mol. The van der Waals surface area contributed by atoms with Gasteiger partial charge < -0.3 is 5.32 Å². The van der Waals surface area contributed by atoms with Gasteiger partial charge in [-0.1, -0.05) is 53.0 Å². The Morgan fingerprint density at radius 2 is 1.79 bits per heavy atom. The van der Waals surface area contributed by atoms with E-state index in [2.05, 4.69) is 5.32 Å². The van der Waals surface area contributed by atoms with E-state index in [1.165, 1.54) is 5.56 Å². The van der Waals surface area contributed by atoms with Gasteiger partial charge in [-0.2, -0.15) is 0 Å². The van der Waals surface area contributed by atoms with Crippen molar-refractivity contribution in [3.05, 3.63) is 63.6 Å². The van der Waals surface area contributed by atoms with Crippen LogP contribution in [0.25, 0.3) is 0 Å². The van der Waals surface area contributed by atoms with E-state index >= 15 is 0 Å². The third kappa shape index (κ3) is 3.98. The van der Waals surface area contributed by atoms with Crippen LogP contribution in [0.5, 0.6) is 0 Å². The molecular formula is C15H13Cl2NO. The summed E-state index contributed by atoms with van der Waals surface area (Å²) in [7, 11) is 0. The second-order valence-corrected chi connectivity index (χ2v) is 5.18. The summed E-state index contributed by atoms with van der Waals surface area (Å²) in [5, 5.41) is 3.77. The molecule has 2 rings (SSSR count). The molecule has 0 radical (unpaired) electrons. The summed E-state index contributed by atoms with van der Waals surface area (Å²) in [6, 6.07) is 12.8. The molecule has 0 unspecified atom stereocenters. The number of anilines is 1. The molecule has 0 spiro atoms. The molecule has 0 aliphatic heterocycles. The van der Waals surface area contributed by atoms with Gasteiger partial charge in [-0.3, -0.25) is 4.79 Å². The van der Waals surface area contributed by atoms with E-state index in [-0.39, 0.29) is 5.91 Å². The fourth-order valence-electron chi connectivity index (χ4n) is 1.68. The number of hydrogen-bond donors (Lipinski definition) is 1. The minimum absolute atomic E-state index is 0.118. The lowest BCUT2D eigenvalue weighted by Gasteiger charge is -2.08. The SMILES string of the molecule is Cc1ccc(CC(=O)Nc2cc(Cl)ccc2Cl)cc1. The number of rotatable bonds is 3. The number of benzene rings is 2. The zero-order valence-electron chi connectivity index (χ0n) is 10.4. The molecule has 1 N–H and O–H groups in total. The number of carbonyl (C=O) groups is 1. The molecule has 0 aromatic heterocycles. The highest BCUT2D eigenvalue weighted by Gasteiger charge is 2.07. The third-order valence-electron chi connectivity index (χ3n) is 2.69. The Hall–Kier alpha value is -1.51. The fraction of sp³-hybridized carbons (Fsp3) is 0.133. The Kier molecular flexibility index (Phi) is 4.46. The Balaban J connectivity index is 2.05. The van der Waals surface area contributed by atoms with Crippen LogP contribution in [-0.4, -0.2) is 5.91 Å². The second kappa shape index (κ2) is 6.09. The van der Waals surface area contributed by atoms with E-state index in [1.807, 2.05) is 31.2 Å². The van der Waals surface area contributed by atoms with Crippen LogP contribution in [0.15, 0.2) is 42.5 Å². The number of halogens is 2. The molecule has 0 fully saturated rings. The topological polar surface area (TPSA) is 29.1 Å². The number of nitrogens with one attached hydrogen (secondary N) is 1. The van der Waals surface area contributed by atoms with Crippen LogP contribution < -0.4 is 5.32 Å². The molecule has 0 heterocycles. The van der Waals surface area contributed by atoms with Crippen molar-refractivity contribution in [2.75, 3.05) is 5.32 Å². The van der Waals surface area contributed by atoms with E-state index < -0.39 is 0 Å². The number of carbonyl (C=O) groups excluding carboxylic acids is 1. The highest BCUT2D eigenvalue weighted by atomic mass is 35.5. The standard InChI is InChI=1S/C15H13Cl2NO/c1-10-2-4-11(5-3-10)8-15(19)18-14-9-12(16)6-7-13(14)17/h2-7,9H,8H2,1H3,(H,18,19). The van der Waals surface area contributed by atoms with Gasteiger partial charge in [0.2, 0.25) is 5.91 Å². The number of hydrogen-bond acceptors (Lipinski definition) is 1. The minimum Gasteiger partial charge on any atom is -0.324 e. The molecule has 2 nitrogen and oxygen atoms in total. The quantitative estimate of drug-likeness (QED) is 0.888. The van der Waals surface area contributed by atoms with Crippen molar-refractivity contribution in [3.63, 3.8) is 0 Å². The molecule has 0 aliphatic carbocycles. The fourth-order valence-corrected chi connectivity index (χ4v) is 2.02. The first-order valence-electron chi connectivity index (χ1n) is 5.85. The lowest BCUT2D eigenvalue weighted by Crippen LogP contribution is -2.14.